The lowest BCUT2D eigenvalue weighted by atomic mass is 10.1. The Kier molecular flexibility index (Phi) is 2.57. The van der Waals surface area contributed by atoms with Gasteiger partial charge in [-0.15, -0.1) is 0 Å². The van der Waals surface area contributed by atoms with Crippen molar-refractivity contribution in [1.82, 2.24) is 0 Å². The minimum atomic E-state index is -0.394. The van der Waals surface area contributed by atoms with Gasteiger partial charge in [0.25, 0.3) is 0 Å². The van der Waals surface area contributed by atoms with Crippen LogP contribution in [0.25, 0.3) is 0 Å². The standard InChI is InChI=1S/C11H14O3/c1-13-11(12)10-7-6-9(14-10)8-4-2-3-5-8/h6-8H,2-5H2,1H3. The third-order valence-corrected chi connectivity index (χ3v) is 2.77. The molecule has 14 heavy (non-hydrogen) atoms. The lowest BCUT2D eigenvalue weighted by Gasteiger charge is -2.03. The van der Waals surface area contributed by atoms with Crippen LogP contribution in [0.1, 0.15) is 47.9 Å². The van der Waals surface area contributed by atoms with Crippen molar-refractivity contribution in [2.45, 2.75) is 31.6 Å². The largest absolute Gasteiger partial charge is 0.463 e. The van der Waals surface area contributed by atoms with Gasteiger partial charge in [0, 0.05) is 5.92 Å². The molecule has 0 saturated heterocycles. The minimum absolute atomic E-state index is 0.314. The molecule has 0 aromatic carbocycles. The van der Waals surface area contributed by atoms with Gasteiger partial charge < -0.3 is 9.15 Å². The lowest BCUT2D eigenvalue weighted by Crippen LogP contribution is -1.98. The first-order valence-electron chi connectivity index (χ1n) is 4.99. The number of hydrogen-bond donors (Lipinski definition) is 0. The van der Waals surface area contributed by atoms with E-state index in [9.17, 15) is 4.79 Å². The van der Waals surface area contributed by atoms with Crippen molar-refractivity contribution < 1.29 is 13.9 Å². The predicted molar refractivity (Wildman–Crippen MR) is 51.3 cm³/mol. The Balaban J connectivity index is 2.12. The molecular formula is C11H14O3. The van der Waals surface area contributed by atoms with Crippen molar-refractivity contribution in [3.63, 3.8) is 0 Å². The van der Waals surface area contributed by atoms with E-state index in [1.165, 1.54) is 32.8 Å². The Bertz CT molecular complexity index is 321. The molecule has 0 N–H and O–H groups in total. The second-order valence-corrected chi connectivity index (χ2v) is 3.67. The highest BCUT2D eigenvalue weighted by Crippen LogP contribution is 2.34. The van der Waals surface area contributed by atoms with Gasteiger partial charge in [-0.25, -0.2) is 4.79 Å². The van der Waals surface area contributed by atoms with E-state index in [-0.39, 0.29) is 0 Å². The molecule has 76 valence electrons. The van der Waals surface area contributed by atoms with Gasteiger partial charge >= 0.3 is 5.97 Å². The number of esters is 1. The fraction of sp³-hybridized carbons (Fsp3) is 0.545. The average Bonchev–Trinajstić information content (AvgIpc) is 2.86. The highest BCUT2D eigenvalue weighted by atomic mass is 16.5. The van der Waals surface area contributed by atoms with Crippen molar-refractivity contribution >= 4 is 5.97 Å². The van der Waals surface area contributed by atoms with Crippen LogP contribution in [0.5, 0.6) is 0 Å². The summed E-state index contributed by atoms with van der Waals surface area (Å²) in [6.07, 6.45) is 4.88. The van der Waals surface area contributed by atoms with Crippen LogP contribution in [0, 0.1) is 0 Å². The smallest absolute Gasteiger partial charge is 0.373 e. The topological polar surface area (TPSA) is 39.4 Å². The molecule has 1 saturated carbocycles. The number of carbonyl (C=O) groups is 1. The zero-order valence-electron chi connectivity index (χ0n) is 8.29. The van der Waals surface area contributed by atoms with Crippen molar-refractivity contribution in [3.8, 4) is 0 Å². The minimum Gasteiger partial charge on any atom is -0.463 e. The molecular weight excluding hydrogens is 180 g/mol. The van der Waals surface area contributed by atoms with E-state index in [2.05, 4.69) is 4.74 Å². The summed E-state index contributed by atoms with van der Waals surface area (Å²) in [5.74, 6) is 1.36. The van der Waals surface area contributed by atoms with Gasteiger partial charge in [0.05, 0.1) is 7.11 Å². The van der Waals surface area contributed by atoms with E-state index < -0.39 is 5.97 Å². The molecule has 2 rings (SSSR count). The Hall–Kier alpha value is -1.25. The fourth-order valence-corrected chi connectivity index (χ4v) is 1.99. The van der Waals surface area contributed by atoms with Crippen molar-refractivity contribution in [2.75, 3.05) is 7.11 Å². The number of ether oxygens (including phenoxy) is 1. The van der Waals surface area contributed by atoms with Crippen molar-refractivity contribution in [2.24, 2.45) is 0 Å². The van der Waals surface area contributed by atoms with Crippen LogP contribution < -0.4 is 0 Å². The molecule has 1 aliphatic rings. The van der Waals surface area contributed by atoms with Gasteiger partial charge in [0.2, 0.25) is 5.76 Å². The first-order valence-corrected chi connectivity index (χ1v) is 4.99. The van der Waals surface area contributed by atoms with Crippen LogP contribution >= 0.6 is 0 Å². The van der Waals surface area contributed by atoms with Crippen molar-refractivity contribution in [3.05, 3.63) is 23.7 Å². The third kappa shape index (κ3) is 1.67. The molecule has 3 nitrogen and oxygen atoms in total. The summed E-state index contributed by atoms with van der Waals surface area (Å²) in [4.78, 5) is 11.1. The molecule has 1 aromatic rings. The fourth-order valence-electron chi connectivity index (χ4n) is 1.99. The normalized spacial score (nSPS) is 17.2. The number of methoxy groups -OCH3 is 1. The van der Waals surface area contributed by atoms with Gasteiger partial charge in [0.1, 0.15) is 5.76 Å². The SMILES string of the molecule is COC(=O)c1ccc(C2CCCC2)o1. The molecule has 0 aliphatic heterocycles. The number of hydrogen-bond acceptors (Lipinski definition) is 3. The predicted octanol–water partition coefficient (Wildman–Crippen LogP) is 2.72. The molecule has 0 amide bonds. The zero-order valence-corrected chi connectivity index (χ0v) is 8.29. The van der Waals surface area contributed by atoms with Gasteiger partial charge in [-0.3, -0.25) is 0 Å². The zero-order chi connectivity index (χ0) is 9.97. The van der Waals surface area contributed by atoms with Crippen molar-refractivity contribution in [1.29, 1.82) is 0 Å². The van der Waals surface area contributed by atoms with Crippen LogP contribution in [0.2, 0.25) is 0 Å². The van der Waals surface area contributed by atoms with E-state index in [0.29, 0.717) is 11.7 Å². The Labute approximate surface area is 83.0 Å². The average molecular weight is 194 g/mol. The van der Waals surface area contributed by atoms with Gasteiger partial charge in [-0.2, -0.15) is 0 Å². The monoisotopic (exact) mass is 194 g/mol. The van der Waals surface area contributed by atoms with Crippen LogP contribution in [0.15, 0.2) is 16.5 Å². The van der Waals surface area contributed by atoms with E-state index in [1.807, 2.05) is 6.07 Å². The van der Waals surface area contributed by atoms with E-state index in [0.717, 1.165) is 5.76 Å². The highest BCUT2D eigenvalue weighted by Gasteiger charge is 2.21. The maximum absolute atomic E-state index is 11.1. The number of furan rings is 1. The van der Waals surface area contributed by atoms with E-state index >= 15 is 0 Å². The lowest BCUT2D eigenvalue weighted by molar-refractivity contribution is 0.0562. The molecule has 0 atom stereocenters. The van der Waals surface area contributed by atoms with Crippen LogP contribution in [-0.4, -0.2) is 13.1 Å². The van der Waals surface area contributed by atoms with Gasteiger partial charge in [0.15, 0.2) is 0 Å². The molecule has 1 heterocycles. The Morgan fingerprint density at radius 3 is 2.79 bits per heavy atom. The maximum Gasteiger partial charge on any atom is 0.373 e. The molecule has 1 aliphatic carbocycles. The van der Waals surface area contributed by atoms with Crippen LogP contribution in [0.3, 0.4) is 0 Å². The Morgan fingerprint density at radius 2 is 2.14 bits per heavy atom. The molecule has 1 fully saturated rings. The van der Waals surface area contributed by atoms with Gasteiger partial charge in [-0.1, -0.05) is 12.8 Å². The quantitative estimate of drug-likeness (QED) is 0.679. The third-order valence-electron chi connectivity index (χ3n) is 2.77. The summed E-state index contributed by atoms with van der Waals surface area (Å²) < 4.78 is 10.0. The summed E-state index contributed by atoms with van der Waals surface area (Å²) in [5.41, 5.74) is 0. The number of carbonyl (C=O) groups excluding carboxylic acids is 1. The molecule has 0 unspecified atom stereocenters. The second-order valence-electron chi connectivity index (χ2n) is 3.67. The Morgan fingerprint density at radius 1 is 1.43 bits per heavy atom. The summed E-state index contributed by atoms with van der Waals surface area (Å²) >= 11 is 0. The molecule has 0 radical (unpaired) electrons. The van der Waals surface area contributed by atoms with E-state index in [4.69, 9.17) is 4.42 Å². The summed E-state index contributed by atoms with van der Waals surface area (Å²) in [7, 11) is 1.36. The summed E-state index contributed by atoms with van der Waals surface area (Å²) in [6.45, 7) is 0. The van der Waals surface area contributed by atoms with Gasteiger partial charge in [-0.05, 0) is 25.0 Å². The maximum atomic E-state index is 11.1. The second kappa shape index (κ2) is 3.86. The highest BCUT2D eigenvalue weighted by molar-refractivity contribution is 5.86. The molecule has 3 heteroatoms. The molecule has 0 bridgehead atoms. The first kappa shape index (κ1) is 9.31. The first-order chi connectivity index (χ1) is 6.81. The molecule has 0 spiro atoms. The van der Waals surface area contributed by atoms with Crippen LogP contribution in [0.4, 0.5) is 0 Å². The summed E-state index contributed by atoms with van der Waals surface area (Å²) in [5, 5.41) is 0. The van der Waals surface area contributed by atoms with Crippen LogP contribution in [-0.2, 0) is 4.74 Å². The van der Waals surface area contributed by atoms with E-state index in [1.54, 1.807) is 6.07 Å². The molecule has 1 aromatic heterocycles. The number of rotatable bonds is 2. The summed E-state index contributed by atoms with van der Waals surface area (Å²) in [6, 6.07) is 3.59.